The molecule has 0 saturated heterocycles. The first-order chi connectivity index (χ1) is 6.35. The number of hydrogen-bond acceptors (Lipinski definition) is 2. The molecule has 0 aromatic carbocycles. The van der Waals surface area contributed by atoms with Gasteiger partial charge in [-0.3, -0.25) is 4.79 Å². The highest BCUT2D eigenvalue weighted by atomic mass is 16.1. The van der Waals surface area contributed by atoms with Crippen LogP contribution in [-0.2, 0) is 4.79 Å². The first kappa shape index (κ1) is 13.4. The summed E-state index contributed by atoms with van der Waals surface area (Å²) >= 11 is 0. The van der Waals surface area contributed by atoms with Crippen molar-refractivity contribution in [1.82, 2.24) is 10.6 Å². The molecule has 0 rings (SSSR count). The van der Waals surface area contributed by atoms with Crippen molar-refractivity contribution in [3.05, 3.63) is 0 Å². The fraction of sp³-hybridized carbons (Fsp3) is 0.909. The Morgan fingerprint density at radius 3 is 2.29 bits per heavy atom. The highest BCUT2D eigenvalue weighted by Crippen LogP contribution is 2.17. The lowest BCUT2D eigenvalue weighted by molar-refractivity contribution is -0.122. The van der Waals surface area contributed by atoms with Gasteiger partial charge >= 0.3 is 0 Å². The van der Waals surface area contributed by atoms with Gasteiger partial charge in [-0.05, 0) is 24.9 Å². The fourth-order valence-electron chi connectivity index (χ4n) is 1.25. The van der Waals surface area contributed by atoms with Crippen molar-refractivity contribution >= 4 is 5.91 Å². The number of carbonyl (C=O) groups excluding carboxylic acids is 1. The molecule has 1 unspecified atom stereocenters. The third kappa shape index (κ3) is 8.05. The highest BCUT2D eigenvalue weighted by molar-refractivity contribution is 5.76. The van der Waals surface area contributed by atoms with Crippen LogP contribution in [0, 0.1) is 11.3 Å². The van der Waals surface area contributed by atoms with Gasteiger partial charge in [-0.25, -0.2) is 0 Å². The Kier molecular flexibility index (Phi) is 5.77. The second-order valence-corrected chi connectivity index (χ2v) is 5.20. The van der Waals surface area contributed by atoms with Gasteiger partial charge in [0.25, 0.3) is 0 Å². The maximum Gasteiger partial charge on any atom is 0.220 e. The van der Waals surface area contributed by atoms with E-state index in [0.717, 1.165) is 13.1 Å². The summed E-state index contributed by atoms with van der Waals surface area (Å²) < 4.78 is 0. The molecule has 0 aromatic rings. The van der Waals surface area contributed by atoms with Crippen LogP contribution in [0.1, 0.15) is 34.1 Å². The fourth-order valence-corrected chi connectivity index (χ4v) is 1.25. The van der Waals surface area contributed by atoms with E-state index in [1.807, 2.05) is 7.05 Å². The van der Waals surface area contributed by atoms with Gasteiger partial charge in [0.05, 0.1) is 0 Å². The average Bonchev–Trinajstić information content (AvgIpc) is 1.98. The second-order valence-electron chi connectivity index (χ2n) is 5.20. The van der Waals surface area contributed by atoms with Gasteiger partial charge in [0.15, 0.2) is 0 Å². The lowest BCUT2D eigenvalue weighted by Crippen LogP contribution is -2.34. The Bertz CT molecular complexity index is 173. The van der Waals surface area contributed by atoms with Gasteiger partial charge in [0.1, 0.15) is 0 Å². The molecular formula is C11H24N2O. The molecule has 1 atom stereocenters. The number of amides is 1. The van der Waals surface area contributed by atoms with E-state index in [0.29, 0.717) is 12.3 Å². The van der Waals surface area contributed by atoms with Gasteiger partial charge in [0.2, 0.25) is 5.91 Å². The van der Waals surface area contributed by atoms with E-state index in [9.17, 15) is 4.79 Å². The van der Waals surface area contributed by atoms with Crippen molar-refractivity contribution < 1.29 is 4.79 Å². The van der Waals surface area contributed by atoms with Crippen LogP contribution in [0.25, 0.3) is 0 Å². The molecule has 3 nitrogen and oxygen atoms in total. The van der Waals surface area contributed by atoms with Gasteiger partial charge in [-0.1, -0.05) is 27.7 Å². The first-order valence-electron chi connectivity index (χ1n) is 5.26. The summed E-state index contributed by atoms with van der Waals surface area (Å²) in [6.07, 6.45) is 0.597. The molecule has 0 heterocycles. The zero-order valence-electron chi connectivity index (χ0n) is 10.1. The SMILES string of the molecule is CNCC(C)CNC(=O)CC(C)(C)C. The van der Waals surface area contributed by atoms with Gasteiger partial charge in [-0.2, -0.15) is 0 Å². The normalized spacial score (nSPS) is 13.8. The van der Waals surface area contributed by atoms with Gasteiger partial charge in [0, 0.05) is 13.0 Å². The topological polar surface area (TPSA) is 41.1 Å². The largest absolute Gasteiger partial charge is 0.356 e. The third-order valence-corrected chi connectivity index (χ3v) is 1.89. The summed E-state index contributed by atoms with van der Waals surface area (Å²) in [6.45, 7) is 10.0. The summed E-state index contributed by atoms with van der Waals surface area (Å²) in [5.41, 5.74) is 0.0797. The summed E-state index contributed by atoms with van der Waals surface area (Å²) in [4.78, 5) is 11.4. The van der Waals surface area contributed by atoms with Crippen LogP contribution in [0.5, 0.6) is 0 Å². The summed E-state index contributed by atoms with van der Waals surface area (Å²) in [6, 6.07) is 0. The van der Waals surface area contributed by atoms with Crippen LogP contribution < -0.4 is 10.6 Å². The zero-order chi connectivity index (χ0) is 11.2. The molecule has 0 bridgehead atoms. The number of hydrogen-bond donors (Lipinski definition) is 2. The Labute approximate surface area is 87.6 Å². The minimum Gasteiger partial charge on any atom is -0.356 e. The standard InChI is InChI=1S/C11H24N2O/c1-9(7-12-5)8-13-10(14)6-11(2,3)4/h9,12H,6-8H2,1-5H3,(H,13,14). The lowest BCUT2D eigenvalue weighted by atomic mass is 9.92. The average molecular weight is 200 g/mol. The van der Waals surface area contributed by atoms with Crippen LogP contribution in [0.3, 0.4) is 0 Å². The molecule has 0 fully saturated rings. The molecule has 2 N–H and O–H groups in total. The van der Waals surface area contributed by atoms with Gasteiger partial charge < -0.3 is 10.6 Å². The van der Waals surface area contributed by atoms with Crippen LogP contribution in [0.4, 0.5) is 0 Å². The zero-order valence-corrected chi connectivity index (χ0v) is 10.1. The molecule has 14 heavy (non-hydrogen) atoms. The van der Waals surface area contributed by atoms with E-state index in [1.165, 1.54) is 0 Å². The molecule has 0 aliphatic carbocycles. The molecule has 0 radical (unpaired) electrons. The Morgan fingerprint density at radius 1 is 1.29 bits per heavy atom. The molecular weight excluding hydrogens is 176 g/mol. The maximum absolute atomic E-state index is 11.4. The Balaban J connectivity index is 3.64. The Morgan fingerprint density at radius 2 is 1.86 bits per heavy atom. The van der Waals surface area contributed by atoms with Crippen LogP contribution in [0.2, 0.25) is 0 Å². The predicted molar refractivity (Wildman–Crippen MR) is 60.2 cm³/mol. The van der Waals surface area contributed by atoms with Crippen LogP contribution in [-0.4, -0.2) is 26.0 Å². The number of carbonyl (C=O) groups is 1. The van der Waals surface area contributed by atoms with Crippen molar-refractivity contribution in [2.45, 2.75) is 34.1 Å². The van der Waals surface area contributed by atoms with Gasteiger partial charge in [-0.15, -0.1) is 0 Å². The predicted octanol–water partition coefficient (Wildman–Crippen LogP) is 1.39. The summed E-state index contributed by atoms with van der Waals surface area (Å²) in [7, 11) is 1.92. The molecule has 84 valence electrons. The molecule has 0 aliphatic rings. The summed E-state index contributed by atoms with van der Waals surface area (Å²) in [5, 5.41) is 6.03. The van der Waals surface area contributed by atoms with E-state index in [2.05, 4.69) is 38.3 Å². The van der Waals surface area contributed by atoms with Crippen molar-refractivity contribution in [2.24, 2.45) is 11.3 Å². The molecule has 0 spiro atoms. The van der Waals surface area contributed by atoms with E-state index in [4.69, 9.17) is 0 Å². The molecule has 1 amide bonds. The lowest BCUT2D eigenvalue weighted by Gasteiger charge is -2.18. The minimum absolute atomic E-state index is 0.0797. The molecule has 0 saturated carbocycles. The van der Waals surface area contributed by atoms with Crippen LogP contribution in [0.15, 0.2) is 0 Å². The second kappa shape index (κ2) is 6.02. The highest BCUT2D eigenvalue weighted by Gasteiger charge is 2.15. The number of rotatable bonds is 5. The van der Waals surface area contributed by atoms with E-state index in [1.54, 1.807) is 0 Å². The van der Waals surface area contributed by atoms with Crippen LogP contribution >= 0.6 is 0 Å². The maximum atomic E-state index is 11.4. The quantitative estimate of drug-likeness (QED) is 0.704. The van der Waals surface area contributed by atoms with Crippen molar-refractivity contribution in [1.29, 1.82) is 0 Å². The smallest absolute Gasteiger partial charge is 0.220 e. The monoisotopic (exact) mass is 200 g/mol. The minimum atomic E-state index is 0.0797. The summed E-state index contributed by atoms with van der Waals surface area (Å²) in [5.74, 6) is 0.643. The first-order valence-corrected chi connectivity index (χ1v) is 5.26. The van der Waals surface area contributed by atoms with Crippen molar-refractivity contribution in [2.75, 3.05) is 20.1 Å². The van der Waals surface area contributed by atoms with Crippen molar-refractivity contribution in [3.63, 3.8) is 0 Å². The molecule has 3 heteroatoms. The molecule has 0 aromatic heterocycles. The van der Waals surface area contributed by atoms with E-state index >= 15 is 0 Å². The van der Waals surface area contributed by atoms with E-state index < -0.39 is 0 Å². The number of nitrogens with one attached hydrogen (secondary N) is 2. The Hall–Kier alpha value is -0.570. The van der Waals surface area contributed by atoms with E-state index in [-0.39, 0.29) is 11.3 Å². The molecule has 0 aliphatic heterocycles. The third-order valence-electron chi connectivity index (χ3n) is 1.89. The van der Waals surface area contributed by atoms with Crippen molar-refractivity contribution in [3.8, 4) is 0 Å².